The fraction of sp³-hybridized carbons (Fsp3) is 0.308. The normalized spacial score (nSPS) is 17.3. The van der Waals surface area contributed by atoms with Crippen molar-refractivity contribution in [1.29, 1.82) is 0 Å². The number of nitrogens with zero attached hydrogens (tertiary/aromatic N) is 3. The number of benzene rings is 2. The Morgan fingerprint density at radius 2 is 1.86 bits per heavy atom. The molecule has 3 heterocycles. The van der Waals surface area contributed by atoms with E-state index in [1.54, 1.807) is 11.8 Å². The van der Waals surface area contributed by atoms with E-state index in [0.717, 1.165) is 28.5 Å². The summed E-state index contributed by atoms with van der Waals surface area (Å²) in [5, 5.41) is 3.80. The van der Waals surface area contributed by atoms with E-state index in [1.165, 1.54) is 29.4 Å². The van der Waals surface area contributed by atoms with Gasteiger partial charge in [0.25, 0.3) is 0 Å². The SMILES string of the molecule is Cc1noc(C=Cc2ccc(F)cc2F)c1S(=O)(=O)N1CCC(C(=O)N2CCSc3ccccc32)CC1. The second-order valence-corrected chi connectivity index (χ2v) is 12.0. The number of aromatic nitrogens is 1. The lowest BCUT2D eigenvalue weighted by Crippen LogP contribution is -2.45. The van der Waals surface area contributed by atoms with Crippen LogP contribution in [0.1, 0.15) is 29.9 Å². The molecule has 0 N–H and O–H groups in total. The van der Waals surface area contributed by atoms with E-state index in [1.807, 2.05) is 29.2 Å². The number of halogens is 2. The van der Waals surface area contributed by atoms with Gasteiger partial charge in [0.1, 0.15) is 17.3 Å². The van der Waals surface area contributed by atoms with Crippen molar-refractivity contribution in [2.75, 3.05) is 30.3 Å². The topological polar surface area (TPSA) is 83.7 Å². The van der Waals surface area contributed by atoms with E-state index in [2.05, 4.69) is 5.16 Å². The number of carbonyl (C=O) groups excluding carboxylic acids is 1. The van der Waals surface area contributed by atoms with Gasteiger partial charge in [-0.1, -0.05) is 17.3 Å². The molecule has 2 aromatic carbocycles. The van der Waals surface area contributed by atoms with Crippen LogP contribution in [0.2, 0.25) is 0 Å². The number of piperidine rings is 1. The number of thioether (sulfide) groups is 1. The van der Waals surface area contributed by atoms with Crippen molar-refractivity contribution in [3.8, 4) is 0 Å². The van der Waals surface area contributed by atoms with Gasteiger partial charge < -0.3 is 9.42 Å². The molecule has 1 amide bonds. The van der Waals surface area contributed by atoms with Crippen molar-refractivity contribution >= 4 is 45.5 Å². The summed E-state index contributed by atoms with van der Waals surface area (Å²) >= 11 is 1.73. The zero-order valence-electron chi connectivity index (χ0n) is 20.1. The molecule has 0 aliphatic carbocycles. The molecular weight excluding hydrogens is 520 g/mol. The molecule has 2 aliphatic rings. The number of carbonyl (C=O) groups is 1. The van der Waals surface area contributed by atoms with Crippen molar-refractivity contribution in [1.82, 2.24) is 9.46 Å². The molecule has 0 atom stereocenters. The van der Waals surface area contributed by atoms with E-state index in [0.29, 0.717) is 19.4 Å². The van der Waals surface area contributed by atoms with Gasteiger partial charge in [-0.3, -0.25) is 4.79 Å². The Hall–Kier alpha value is -3.02. The average Bonchev–Trinajstić information content (AvgIpc) is 3.28. The molecule has 194 valence electrons. The van der Waals surface area contributed by atoms with Crippen LogP contribution >= 0.6 is 11.8 Å². The van der Waals surface area contributed by atoms with Crippen molar-refractivity contribution in [3.63, 3.8) is 0 Å². The fourth-order valence-corrected chi connectivity index (χ4v) is 7.41. The second-order valence-electron chi connectivity index (χ2n) is 8.94. The van der Waals surface area contributed by atoms with Crippen LogP contribution in [0.5, 0.6) is 0 Å². The zero-order valence-corrected chi connectivity index (χ0v) is 21.7. The van der Waals surface area contributed by atoms with Crippen LogP contribution in [0.15, 0.2) is 56.8 Å². The van der Waals surface area contributed by atoms with E-state index in [-0.39, 0.29) is 46.8 Å². The van der Waals surface area contributed by atoms with E-state index >= 15 is 0 Å². The number of hydrogen-bond donors (Lipinski definition) is 0. The third-order valence-corrected chi connectivity index (χ3v) is 9.71. The Bertz CT molecular complexity index is 1460. The number of fused-ring (bicyclic) bond motifs is 1. The molecule has 0 spiro atoms. The van der Waals surface area contributed by atoms with Gasteiger partial charge in [-0.2, -0.15) is 4.31 Å². The van der Waals surface area contributed by atoms with E-state index in [9.17, 15) is 22.0 Å². The van der Waals surface area contributed by atoms with Gasteiger partial charge in [0.05, 0.1) is 5.69 Å². The van der Waals surface area contributed by atoms with Crippen LogP contribution < -0.4 is 4.90 Å². The number of rotatable bonds is 5. The quantitative estimate of drug-likeness (QED) is 0.450. The Kier molecular flexibility index (Phi) is 7.19. The lowest BCUT2D eigenvalue weighted by molar-refractivity contribution is -0.123. The first-order valence-electron chi connectivity index (χ1n) is 11.9. The summed E-state index contributed by atoms with van der Waals surface area (Å²) < 4.78 is 60.8. The van der Waals surface area contributed by atoms with Crippen molar-refractivity contribution in [2.45, 2.75) is 29.6 Å². The standard InChI is InChI=1S/C26H25F2N3O4S2/c1-17-25(23(35-29-17)9-7-18-6-8-20(27)16-21(18)28)37(33,34)30-12-10-19(11-13-30)26(32)31-14-15-36-24-5-3-2-4-22(24)31/h2-9,16,19H,10-15H2,1H3. The Labute approximate surface area is 218 Å². The molecule has 1 aromatic heterocycles. The van der Waals surface area contributed by atoms with Crippen LogP contribution in [0, 0.1) is 24.5 Å². The second kappa shape index (κ2) is 10.4. The maximum Gasteiger partial charge on any atom is 0.248 e. The van der Waals surface area contributed by atoms with Gasteiger partial charge in [0.15, 0.2) is 10.7 Å². The first-order chi connectivity index (χ1) is 17.8. The zero-order chi connectivity index (χ0) is 26.2. The fourth-order valence-electron chi connectivity index (χ4n) is 4.69. The van der Waals surface area contributed by atoms with Crippen LogP contribution in [-0.2, 0) is 14.8 Å². The lowest BCUT2D eigenvalue weighted by atomic mass is 9.96. The van der Waals surface area contributed by atoms with E-state index < -0.39 is 21.7 Å². The monoisotopic (exact) mass is 545 g/mol. The molecule has 0 bridgehead atoms. The highest BCUT2D eigenvalue weighted by atomic mass is 32.2. The smallest absolute Gasteiger partial charge is 0.248 e. The summed E-state index contributed by atoms with van der Waals surface area (Å²) in [4.78, 5) is 16.1. The highest BCUT2D eigenvalue weighted by molar-refractivity contribution is 7.99. The molecular formula is C26H25F2N3O4S2. The number of para-hydroxylation sites is 1. The van der Waals surface area contributed by atoms with Crippen molar-refractivity contribution in [3.05, 3.63) is 71.1 Å². The molecule has 5 rings (SSSR count). The molecule has 0 radical (unpaired) electrons. The molecule has 0 saturated carbocycles. The highest BCUT2D eigenvalue weighted by Gasteiger charge is 2.37. The first kappa shape index (κ1) is 25.6. The van der Waals surface area contributed by atoms with Crippen molar-refractivity contribution in [2.24, 2.45) is 5.92 Å². The largest absolute Gasteiger partial charge is 0.355 e. The highest BCUT2D eigenvalue weighted by Crippen LogP contribution is 2.36. The third-order valence-electron chi connectivity index (χ3n) is 6.61. The Morgan fingerprint density at radius 3 is 2.62 bits per heavy atom. The predicted molar refractivity (Wildman–Crippen MR) is 138 cm³/mol. The molecule has 7 nitrogen and oxygen atoms in total. The molecule has 0 unspecified atom stereocenters. The van der Waals surface area contributed by atoms with Crippen LogP contribution in [-0.4, -0.2) is 49.2 Å². The van der Waals surface area contributed by atoms with Gasteiger partial charge in [0.2, 0.25) is 15.9 Å². The number of sulfonamides is 1. The molecule has 37 heavy (non-hydrogen) atoms. The molecule has 1 saturated heterocycles. The van der Waals surface area contributed by atoms with Gasteiger partial charge in [-0.25, -0.2) is 17.2 Å². The minimum absolute atomic E-state index is 0.0240. The number of hydrogen-bond acceptors (Lipinski definition) is 6. The Morgan fingerprint density at radius 1 is 1.11 bits per heavy atom. The van der Waals surface area contributed by atoms with E-state index in [4.69, 9.17) is 4.52 Å². The molecule has 11 heteroatoms. The maximum absolute atomic E-state index is 14.0. The third kappa shape index (κ3) is 5.07. The lowest BCUT2D eigenvalue weighted by Gasteiger charge is -2.35. The Balaban J connectivity index is 1.31. The van der Waals surface area contributed by atoms with Crippen molar-refractivity contribution < 1.29 is 26.5 Å². The summed E-state index contributed by atoms with van der Waals surface area (Å²) in [6, 6.07) is 10.9. The summed E-state index contributed by atoms with van der Waals surface area (Å²) in [5.41, 5.74) is 1.17. The predicted octanol–water partition coefficient (Wildman–Crippen LogP) is 4.97. The summed E-state index contributed by atoms with van der Waals surface area (Å²) in [7, 11) is -3.98. The first-order valence-corrected chi connectivity index (χ1v) is 14.3. The van der Waals surface area contributed by atoms with Crippen LogP contribution in [0.4, 0.5) is 14.5 Å². The summed E-state index contributed by atoms with van der Waals surface area (Å²) in [6.07, 6.45) is 3.43. The summed E-state index contributed by atoms with van der Waals surface area (Å²) in [5.74, 6) is -0.956. The van der Waals surface area contributed by atoms with Gasteiger partial charge in [0, 0.05) is 47.8 Å². The number of amides is 1. The molecule has 2 aliphatic heterocycles. The molecule has 1 fully saturated rings. The number of anilines is 1. The summed E-state index contributed by atoms with van der Waals surface area (Å²) in [6.45, 7) is 2.52. The van der Waals surface area contributed by atoms with Gasteiger partial charge in [-0.05, 0) is 56.2 Å². The number of aryl methyl sites for hydroxylation is 1. The minimum atomic E-state index is -3.98. The minimum Gasteiger partial charge on any atom is -0.355 e. The van der Waals surface area contributed by atoms with Crippen LogP contribution in [0.3, 0.4) is 0 Å². The molecule has 3 aromatic rings. The maximum atomic E-state index is 14.0. The van der Waals surface area contributed by atoms with Gasteiger partial charge >= 0.3 is 0 Å². The van der Waals surface area contributed by atoms with Gasteiger partial charge in [-0.15, -0.1) is 11.8 Å². The van der Waals surface area contributed by atoms with Crippen LogP contribution in [0.25, 0.3) is 12.2 Å². The average molecular weight is 546 g/mol.